The number of nitrogens with one attached hydrogen (secondary N) is 1. The van der Waals surface area contributed by atoms with Crippen LogP contribution in [0.2, 0.25) is 5.02 Å². The summed E-state index contributed by atoms with van der Waals surface area (Å²) in [7, 11) is 0. The third kappa shape index (κ3) is 5.65. The number of nitrogens with zero attached hydrogens (tertiary/aromatic N) is 4. The van der Waals surface area contributed by atoms with E-state index in [1.54, 1.807) is 12.5 Å². The van der Waals surface area contributed by atoms with Crippen molar-refractivity contribution in [3.05, 3.63) is 77.0 Å². The van der Waals surface area contributed by atoms with E-state index in [9.17, 15) is 18.0 Å². The number of amides is 1. The number of halogens is 4. The summed E-state index contributed by atoms with van der Waals surface area (Å²) in [5, 5.41) is 2.99. The number of anilines is 1. The minimum Gasteiger partial charge on any atom is -0.355 e. The molecule has 0 unspecified atom stereocenters. The van der Waals surface area contributed by atoms with Crippen LogP contribution in [0, 0.1) is 5.92 Å². The predicted octanol–water partition coefficient (Wildman–Crippen LogP) is 4.53. The minimum absolute atomic E-state index is 0.0291. The summed E-state index contributed by atoms with van der Waals surface area (Å²) in [6, 6.07) is 8.82. The SMILES string of the molecule is O=C(NCc1ccccc1Cn1ccnc1)C1CCN(c2ncc(C(F)(F)F)cc2Cl)CC1. The number of carbonyl (C=O) groups is 1. The number of hydrogen-bond acceptors (Lipinski definition) is 4. The second-order valence-electron chi connectivity index (χ2n) is 8.01. The fourth-order valence-electron chi connectivity index (χ4n) is 3.96. The van der Waals surface area contributed by atoms with Crippen LogP contribution < -0.4 is 10.2 Å². The highest BCUT2D eigenvalue weighted by Gasteiger charge is 2.33. The lowest BCUT2D eigenvalue weighted by molar-refractivity contribution is -0.137. The zero-order valence-corrected chi connectivity index (χ0v) is 18.5. The zero-order chi connectivity index (χ0) is 23.4. The molecule has 33 heavy (non-hydrogen) atoms. The van der Waals surface area contributed by atoms with E-state index in [1.165, 1.54) is 0 Å². The summed E-state index contributed by atoms with van der Waals surface area (Å²) >= 11 is 6.06. The molecule has 1 saturated heterocycles. The number of imidazole rings is 1. The first-order valence-corrected chi connectivity index (χ1v) is 11.0. The topological polar surface area (TPSA) is 63.1 Å². The van der Waals surface area contributed by atoms with Gasteiger partial charge in [0.25, 0.3) is 0 Å². The molecular formula is C23H23ClF3N5O. The molecule has 1 N–H and O–H groups in total. The van der Waals surface area contributed by atoms with Gasteiger partial charge in [-0.15, -0.1) is 0 Å². The van der Waals surface area contributed by atoms with Crippen LogP contribution in [0.4, 0.5) is 19.0 Å². The Labute approximate surface area is 194 Å². The maximum absolute atomic E-state index is 12.8. The van der Waals surface area contributed by atoms with Crippen LogP contribution in [0.5, 0.6) is 0 Å². The number of aromatic nitrogens is 3. The number of rotatable bonds is 6. The van der Waals surface area contributed by atoms with Gasteiger partial charge in [-0.1, -0.05) is 35.9 Å². The maximum Gasteiger partial charge on any atom is 0.417 e. The van der Waals surface area contributed by atoms with Crippen LogP contribution in [0.3, 0.4) is 0 Å². The highest BCUT2D eigenvalue weighted by molar-refractivity contribution is 6.33. The van der Waals surface area contributed by atoms with Gasteiger partial charge in [-0.2, -0.15) is 13.2 Å². The van der Waals surface area contributed by atoms with Crippen molar-refractivity contribution in [2.75, 3.05) is 18.0 Å². The number of carbonyl (C=O) groups excluding carboxylic acids is 1. The summed E-state index contributed by atoms with van der Waals surface area (Å²) in [6.07, 6.45) is 2.81. The lowest BCUT2D eigenvalue weighted by Crippen LogP contribution is -2.40. The Balaban J connectivity index is 1.32. The van der Waals surface area contributed by atoms with Crippen LogP contribution in [0.15, 0.2) is 55.2 Å². The first-order valence-electron chi connectivity index (χ1n) is 10.6. The van der Waals surface area contributed by atoms with Gasteiger partial charge in [0.2, 0.25) is 5.91 Å². The van der Waals surface area contributed by atoms with Gasteiger partial charge in [0, 0.05) is 50.7 Å². The number of hydrogen-bond donors (Lipinski definition) is 1. The van der Waals surface area contributed by atoms with Crippen LogP contribution in [0.25, 0.3) is 0 Å². The summed E-state index contributed by atoms with van der Waals surface area (Å²) in [5.41, 5.74) is 1.27. The quantitative estimate of drug-likeness (QED) is 0.566. The van der Waals surface area contributed by atoms with E-state index in [2.05, 4.69) is 15.3 Å². The molecule has 10 heteroatoms. The predicted molar refractivity (Wildman–Crippen MR) is 119 cm³/mol. The van der Waals surface area contributed by atoms with Crippen molar-refractivity contribution in [1.82, 2.24) is 19.9 Å². The maximum atomic E-state index is 12.8. The Morgan fingerprint density at radius 1 is 1.18 bits per heavy atom. The smallest absolute Gasteiger partial charge is 0.355 e. The minimum atomic E-state index is -4.49. The number of pyridine rings is 1. The van der Waals surface area contributed by atoms with E-state index < -0.39 is 11.7 Å². The summed E-state index contributed by atoms with van der Waals surface area (Å²) in [4.78, 5) is 22.6. The molecule has 1 aliphatic rings. The highest BCUT2D eigenvalue weighted by Crippen LogP contribution is 2.34. The van der Waals surface area contributed by atoms with Gasteiger partial charge in [0.05, 0.1) is 16.9 Å². The van der Waals surface area contributed by atoms with Crippen LogP contribution in [0.1, 0.15) is 29.5 Å². The van der Waals surface area contributed by atoms with Gasteiger partial charge < -0.3 is 14.8 Å². The van der Waals surface area contributed by atoms with Gasteiger partial charge >= 0.3 is 6.18 Å². The second kappa shape index (κ2) is 9.82. The zero-order valence-electron chi connectivity index (χ0n) is 17.7. The fourth-order valence-corrected chi connectivity index (χ4v) is 4.25. The molecule has 2 aromatic heterocycles. The summed E-state index contributed by atoms with van der Waals surface area (Å²) in [5.74, 6) is 0.116. The molecule has 0 spiro atoms. The van der Waals surface area contributed by atoms with Crippen LogP contribution >= 0.6 is 11.6 Å². The van der Waals surface area contributed by atoms with E-state index >= 15 is 0 Å². The third-order valence-electron chi connectivity index (χ3n) is 5.80. The average Bonchev–Trinajstić information content (AvgIpc) is 3.31. The molecule has 3 aromatic rings. The largest absolute Gasteiger partial charge is 0.417 e. The van der Waals surface area contributed by atoms with E-state index in [-0.39, 0.29) is 16.8 Å². The normalized spacial score (nSPS) is 15.0. The number of piperidine rings is 1. The van der Waals surface area contributed by atoms with E-state index in [4.69, 9.17) is 11.6 Å². The molecule has 0 aliphatic carbocycles. The Morgan fingerprint density at radius 2 is 1.91 bits per heavy atom. The molecule has 3 heterocycles. The summed E-state index contributed by atoms with van der Waals surface area (Å²) in [6.45, 7) is 2.09. The van der Waals surface area contributed by atoms with Gasteiger partial charge in [-0.3, -0.25) is 4.79 Å². The van der Waals surface area contributed by atoms with Crippen molar-refractivity contribution in [3.63, 3.8) is 0 Å². The Morgan fingerprint density at radius 3 is 2.55 bits per heavy atom. The van der Waals surface area contributed by atoms with E-state index in [1.807, 2.05) is 39.9 Å². The molecule has 0 saturated carbocycles. The molecule has 0 radical (unpaired) electrons. The van der Waals surface area contributed by atoms with Crippen molar-refractivity contribution in [2.45, 2.75) is 32.1 Å². The standard InChI is InChI=1S/C23H23ClF3N5O/c24-20-11-19(23(25,26)27)13-29-21(20)32-8-5-16(6-9-32)22(33)30-12-17-3-1-2-4-18(17)14-31-10-7-28-15-31/h1-4,7,10-11,13,15-16H,5-6,8-9,12,14H2,(H,30,33). The van der Waals surface area contributed by atoms with Crippen molar-refractivity contribution in [2.24, 2.45) is 5.92 Å². The fraction of sp³-hybridized carbons (Fsp3) is 0.348. The second-order valence-corrected chi connectivity index (χ2v) is 8.42. The molecule has 6 nitrogen and oxygen atoms in total. The van der Waals surface area contributed by atoms with Crippen molar-refractivity contribution in [1.29, 1.82) is 0 Å². The molecule has 174 valence electrons. The van der Waals surface area contributed by atoms with Gasteiger partial charge in [0.15, 0.2) is 0 Å². The summed E-state index contributed by atoms with van der Waals surface area (Å²) < 4.78 is 40.5. The van der Waals surface area contributed by atoms with Crippen molar-refractivity contribution in [3.8, 4) is 0 Å². The first kappa shape index (κ1) is 23.1. The molecule has 4 rings (SSSR count). The van der Waals surface area contributed by atoms with Gasteiger partial charge in [-0.05, 0) is 30.0 Å². The van der Waals surface area contributed by atoms with Gasteiger partial charge in [0.1, 0.15) is 5.82 Å². The van der Waals surface area contributed by atoms with Crippen molar-refractivity contribution < 1.29 is 18.0 Å². The molecular weight excluding hydrogens is 455 g/mol. The molecule has 0 atom stereocenters. The first-order chi connectivity index (χ1) is 15.8. The number of alkyl halides is 3. The molecule has 0 bridgehead atoms. The molecule has 1 fully saturated rings. The lowest BCUT2D eigenvalue weighted by Gasteiger charge is -2.32. The third-order valence-corrected chi connectivity index (χ3v) is 6.08. The highest BCUT2D eigenvalue weighted by atomic mass is 35.5. The molecule has 1 amide bonds. The number of benzene rings is 1. The Kier molecular flexibility index (Phi) is 6.88. The van der Waals surface area contributed by atoms with E-state index in [0.717, 1.165) is 23.4 Å². The van der Waals surface area contributed by atoms with Gasteiger partial charge in [-0.25, -0.2) is 9.97 Å². The Hall–Kier alpha value is -3.07. The molecule has 1 aromatic carbocycles. The monoisotopic (exact) mass is 477 g/mol. The van der Waals surface area contributed by atoms with Crippen LogP contribution in [-0.2, 0) is 24.1 Å². The van der Waals surface area contributed by atoms with Crippen molar-refractivity contribution >= 4 is 23.3 Å². The molecule has 1 aliphatic heterocycles. The lowest BCUT2D eigenvalue weighted by atomic mass is 9.95. The van der Waals surface area contributed by atoms with E-state index in [0.29, 0.717) is 44.8 Å². The Bertz CT molecular complexity index is 1100. The average molecular weight is 478 g/mol. The van der Waals surface area contributed by atoms with Crippen LogP contribution in [-0.4, -0.2) is 33.5 Å².